The number of nitrogens with one attached hydrogen (secondary N) is 1. The van der Waals surface area contributed by atoms with Crippen molar-refractivity contribution in [2.75, 3.05) is 18.4 Å². The summed E-state index contributed by atoms with van der Waals surface area (Å²) in [5.74, 6) is -0.125. The number of hydrogen-bond acceptors (Lipinski definition) is 4. The summed E-state index contributed by atoms with van der Waals surface area (Å²) in [4.78, 5) is 31.0. The van der Waals surface area contributed by atoms with E-state index in [1.807, 2.05) is 37.3 Å². The van der Waals surface area contributed by atoms with Crippen molar-refractivity contribution in [3.63, 3.8) is 0 Å². The Hall–Kier alpha value is -2.21. The van der Waals surface area contributed by atoms with Crippen molar-refractivity contribution < 1.29 is 9.59 Å². The minimum atomic E-state index is -0.186. The molecule has 1 aliphatic rings. The van der Waals surface area contributed by atoms with Crippen molar-refractivity contribution in [3.8, 4) is 10.4 Å². The maximum absolute atomic E-state index is 12.1. The number of aromatic nitrogens is 1. The molecule has 1 fully saturated rings. The smallest absolute Gasteiger partial charge is 0.245 e. The molecule has 2 aromatic rings. The molecule has 1 N–H and O–H groups in total. The lowest BCUT2D eigenvalue weighted by molar-refractivity contribution is -0.136. The molecule has 0 radical (unpaired) electrons. The minimum Gasteiger partial charge on any atom is -0.333 e. The fourth-order valence-corrected chi connectivity index (χ4v) is 3.66. The first-order valence-corrected chi connectivity index (χ1v) is 8.55. The second kappa shape index (κ2) is 6.91. The molecule has 1 saturated heterocycles. The summed E-state index contributed by atoms with van der Waals surface area (Å²) in [5, 5.41) is 3.39. The van der Waals surface area contributed by atoms with Crippen LogP contribution in [-0.2, 0) is 9.59 Å². The lowest BCUT2D eigenvalue weighted by Crippen LogP contribution is -2.40. The third-order valence-electron chi connectivity index (χ3n) is 3.83. The van der Waals surface area contributed by atoms with Crippen molar-refractivity contribution in [1.29, 1.82) is 0 Å². The van der Waals surface area contributed by atoms with E-state index in [9.17, 15) is 9.59 Å². The van der Waals surface area contributed by atoms with E-state index in [-0.39, 0.29) is 18.4 Å². The molecule has 6 heteroatoms. The molecule has 0 saturated carbocycles. The maximum Gasteiger partial charge on any atom is 0.245 e. The monoisotopic (exact) mass is 329 g/mol. The van der Waals surface area contributed by atoms with Crippen LogP contribution in [0.5, 0.6) is 0 Å². The highest BCUT2D eigenvalue weighted by Gasteiger charge is 2.21. The van der Waals surface area contributed by atoms with E-state index in [1.165, 1.54) is 11.3 Å². The Morgan fingerprint density at radius 2 is 2.09 bits per heavy atom. The van der Waals surface area contributed by atoms with Gasteiger partial charge in [0, 0.05) is 13.0 Å². The first-order valence-electron chi connectivity index (χ1n) is 7.74. The van der Waals surface area contributed by atoms with E-state index in [0.29, 0.717) is 18.1 Å². The van der Waals surface area contributed by atoms with E-state index in [2.05, 4.69) is 10.3 Å². The zero-order chi connectivity index (χ0) is 16.2. The minimum absolute atomic E-state index is 0.0618. The van der Waals surface area contributed by atoms with Crippen LogP contribution in [0.25, 0.3) is 10.4 Å². The molecule has 120 valence electrons. The van der Waals surface area contributed by atoms with Gasteiger partial charge in [-0.25, -0.2) is 4.98 Å². The summed E-state index contributed by atoms with van der Waals surface area (Å²) in [5.41, 5.74) is 1.99. The van der Waals surface area contributed by atoms with Gasteiger partial charge in [-0.1, -0.05) is 41.7 Å². The third-order valence-corrected chi connectivity index (χ3v) is 4.96. The summed E-state index contributed by atoms with van der Waals surface area (Å²) in [6, 6.07) is 9.98. The molecular weight excluding hydrogens is 310 g/mol. The second-order valence-corrected chi connectivity index (χ2v) is 6.62. The number of likely N-dealkylation sites (tertiary alicyclic amines) is 1. The molecule has 2 amide bonds. The SMILES string of the molecule is Cc1nc(NC(=O)CN2CCCCC2=O)sc1-c1ccccc1. The van der Waals surface area contributed by atoms with Crippen molar-refractivity contribution in [2.45, 2.75) is 26.2 Å². The van der Waals surface area contributed by atoms with Crippen LogP contribution in [0.2, 0.25) is 0 Å². The Morgan fingerprint density at radius 3 is 2.83 bits per heavy atom. The molecule has 1 aromatic carbocycles. The van der Waals surface area contributed by atoms with Crippen LogP contribution in [0, 0.1) is 6.92 Å². The summed E-state index contributed by atoms with van der Waals surface area (Å²) in [6.07, 6.45) is 2.43. The Balaban J connectivity index is 1.66. The van der Waals surface area contributed by atoms with Gasteiger partial charge >= 0.3 is 0 Å². The van der Waals surface area contributed by atoms with E-state index in [1.54, 1.807) is 4.90 Å². The zero-order valence-electron chi connectivity index (χ0n) is 13.0. The fourth-order valence-electron chi connectivity index (χ4n) is 2.67. The number of anilines is 1. The summed E-state index contributed by atoms with van der Waals surface area (Å²) in [6.45, 7) is 2.71. The highest BCUT2D eigenvalue weighted by molar-refractivity contribution is 7.19. The number of nitrogens with zero attached hydrogens (tertiary/aromatic N) is 2. The molecule has 23 heavy (non-hydrogen) atoms. The molecule has 0 unspecified atom stereocenters. The van der Waals surface area contributed by atoms with Gasteiger partial charge in [-0.15, -0.1) is 0 Å². The van der Waals surface area contributed by atoms with E-state index in [4.69, 9.17) is 0 Å². The standard InChI is InChI=1S/C17H19N3O2S/c1-12-16(13-7-3-2-4-8-13)23-17(18-12)19-14(21)11-20-10-6-5-9-15(20)22/h2-4,7-8H,5-6,9-11H2,1H3,(H,18,19,21). The molecule has 1 aromatic heterocycles. The van der Waals surface area contributed by atoms with Crippen LogP contribution < -0.4 is 5.32 Å². The van der Waals surface area contributed by atoms with Gasteiger partial charge in [0.15, 0.2) is 5.13 Å². The number of hydrogen-bond donors (Lipinski definition) is 1. The van der Waals surface area contributed by atoms with Gasteiger partial charge in [0.05, 0.1) is 17.1 Å². The van der Waals surface area contributed by atoms with Crippen LogP contribution in [0.1, 0.15) is 25.0 Å². The van der Waals surface area contributed by atoms with Crippen LogP contribution in [0.15, 0.2) is 30.3 Å². The van der Waals surface area contributed by atoms with Gasteiger partial charge in [0.1, 0.15) is 0 Å². The number of thiazole rings is 1. The van der Waals surface area contributed by atoms with Crippen LogP contribution in [0.3, 0.4) is 0 Å². The summed E-state index contributed by atoms with van der Waals surface area (Å²) < 4.78 is 0. The molecule has 0 bridgehead atoms. The third kappa shape index (κ3) is 3.76. The molecule has 0 spiro atoms. The number of carbonyl (C=O) groups excluding carboxylic acids is 2. The highest BCUT2D eigenvalue weighted by atomic mass is 32.1. The normalized spacial score (nSPS) is 14.8. The number of benzene rings is 1. The second-order valence-electron chi connectivity index (χ2n) is 5.62. The number of piperidine rings is 1. The number of carbonyl (C=O) groups is 2. The molecule has 1 aliphatic heterocycles. The van der Waals surface area contributed by atoms with Crippen molar-refractivity contribution >= 4 is 28.3 Å². The Kier molecular flexibility index (Phi) is 4.71. The Morgan fingerprint density at radius 1 is 1.30 bits per heavy atom. The quantitative estimate of drug-likeness (QED) is 0.937. The fraction of sp³-hybridized carbons (Fsp3) is 0.353. The first kappa shape index (κ1) is 15.7. The summed E-state index contributed by atoms with van der Waals surface area (Å²) >= 11 is 1.46. The first-order chi connectivity index (χ1) is 11.1. The Labute approximate surface area is 139 Å². The zero-order valence-corrected chi connectivity index (χ0v) is 13.9. The van der Waals surface area contributed by atoms with E-state index >= 15 is 0 Å². The lowest BCUT2D eigenvalue weighted by atomic mass is 10.1. The highest BCUT2D eigenvalue weighted by Crippen LogP contribution is 2.32. The molecule has 2 heterocycles. The predicted molar refractivity (Wildman–Crippen MR) is 91.3 cm³/mol. The topological polar surface area (TPSA) is 62.3 Å². The summed E-state index contributed by atoms with van der Waals surface area (Å²) in [7, 11) is 0. The molecule has 0 aliphatic carbocycles. The van der Waals surface area contributed by atoms with E-state index < -0.39 is 0 Å². The van der Waals surface area contributed by atoms with Crippen LogP contribution in [-0.4, -0.2) is 34.8 Å². The number of rotatable bonds is 4. The van der Waals surface area contributed by atoms with Gasteiger partial charge in [0.2, 0.25) is 11.8 Å². The van der Waals surface area contributed by atoms with Crippen LogP contribution >= 0.6 is 11.3 Å². The number of amides is 2. The van der Waals surface area contributed by atoms with Gasteiger partial charge in [-0.2, -0.15) is 0 Å². The van der Waals surface area contributed by atoms with Crippen molar-refractivity contribution in [2.24, 2.45) is 0 Å². The number of aryl methyl sites for hydroxylation is 1. The predicted octanol–water partition coefficient (Wildman–Crippen LogP) is 3.07. The molecular formula is C17H19N3O2S. The van der Waals surface area contributed by atoms with Crippen molar-refractivity contribution in [3.05, 3.63) is 36.0 Å². The van der Waals surface area contributed by atoms with Gasteiger partial charge in [-0.3, -0.25) is 9.59 Å². The average Bonchev–Trinajstić information content (AvgIpc) is 2.91. The van der Waals surface area contributed by atoms with Crippen molar-refractivity contribution in [1.82, 2.24) is 9.88 Å². The van der Waals surface area contributed by atoms with Gasteiger partial charge in [-0.05, 0) is 25.3 Å². The lowest BCUT2D eigenvalue weighted by Gasteiger charge is -2.25. The van der Waals surface area contributed by atoms with E-state index in [0.717, 1.165) is 29.0 Å². The largest absolute Gasteiger partial charge is 0.333 e. The molecule has 0 atom stereocenters. The molecule has 3 rings (SSSR count). The van der Waals surface area contributed by atoms with Gasteiger partial charge < -0.3 is 10.2 Å². The Bertz CT molecular complexity index is 712. The van der Waals surface area contributed by atoms with Crippen LogP contribution in [0.4, 0.5) is 5.13 Å². The van der Waals surface area contributed by atoms with Gasteiger partial charge in [0.25, 0.3) is 0 Å². The average molecular weight is 329 g/mol. The maximum atomic E-state index is 12.1. The molecule has 5 nitrogen and oxygen atoms in total.